The summed E-state index contributed by atoms with van der Waals surface area (Å²) in [4.78, 5) is 0. The molecule has 2 aromatic rings. The molecular formula is C14H18N2. The molecule has 0 bridgehead atoms. The minimum atomic E-state index is 0.119. The minimum absolute atomic E-state index is 0.119. The van der Waals surface area contributed by atoms with E-state index in [0.29, 0.717) is 6.04 Å². The Morgan fingerprint density at radius 1 is 1.31 bits per heavy atom. The van der Waals surface area contributed by atoms with Gasteiger partial charge in [-0.2, -0.15) is 0 Å². The van der Waals surface area contributed by atoms with Gasteiger partial charge in [0.25, 0.3) is 0 Å². The number of benzene rings is 1. The highest BCUT2D eigenvalue weighted by Crippen LogP contribution is 2.37. The van der Waals surface area contributed by atoms with Gasteiger partial charge in [-0.05, 0) is 43.7 Å². The maximum absolute atomic E-state index is 6.07. The minimum Gasteiger partial charge on any atom is -0.340 e. The Morgan fingerprint density at radius 2 is 2.06 bits per heavy atom. The first-order valence-electron chi connectivity index (χ1n) is 6.13. The topological polar surface area (TPSA) is 30.9 Å². The quantitative estimate of drug-likeness (QED) is 0.816. The molecule has 1 aliphatic carbocycles. The van der Waals surface area contributed by atoms with Crippen molar-refractivity contribution in [3.05, 3.63) is 36.0 Å². The lowest BCUT2D eigenvalue weighted by molar-refractivity contribution is 0.312. The third-order valence-electron chi connectivity index (χ3n) is 3.68. The first kappa shape index (κ1) is 9.91. The number of nitrogens with zero attached hydrogens (tertiary/aromatic N) is 1. The molecule has 1 unspecified atom stereocenters. The third-order valence-corrected chi connectivity index (χ3v) is 3.68. The van der Waals surface area contributed by atoms with Gasteiger partial charge in [0, 0.05) is 23.3 Å². The van der Waals surface area contributed by atoms with E-state index in [0.717, 1.165) is 0 Å². The molecule has 0 radical (unpaired) electrons. The Bertz CT molecular complexity index is 506. The number of hydrogen-bond acceptors (Lipinski definition) is 1. The first-order valence-corrected chi connectivity index (χ1v) is 6.13. The molecule has 1 aromatic carbocycles. The average molecular weight is 214 g/mol. The van der Waals surface area contributed by atoms with Gasteiger partial charge in [-0.3, -0.25) is 0 Å². The van der Waals surface area contributed by atoms with E-state index >= 15 is 0 Å². The fourth-order valence-corrected chi connectivity index (χ4v) is 2.60. The van der Waals surface area contributed by atoms with Crippen molar-refractivity contribution in [1.29, 1.82) is 0 Å². The fraction of sp³-hybridized carbons (Fsp3) is 0.429. The molecular weight excluding hydrogens is 196 g/mol. The molecule has 0 saturated heterocycles. The number of aromatic nitrogens is 1. The Hall–Kier alpha value is -1.28. The van der Waals surface area contributed by atoms with Crippen LogP contribution < -0.4 is 5.73 Å². The van der Waals surface area contributed by atoms with E-state index in [2.05, 4.69) is 41.8 Å². The van der Waals surface area contributed by atoms with Gasteiger partial charge in [0.2, 0.25) is 0 Å². The standard InChI is InChI=1S/C14H18N2/c1-10(15)14-9-11-5-2-3-8-13(11)16(14)12-6-4-7-12/h2-3,5,8-10,12H,4,6-7,15H2,1H3. The summed E-state index contributed by atoms with van der Waals surface area (Å²) in [5.41, 5.74) is 8.70. The van der Waals surface area contributed by atoms with Crippen LogP contribution in [0.3, 0.4) is 0 Å². The van der Waals surface area contributed by atoms with Crippen molar-refractivity contribution in [3.63, 3.8) is 0 Å². The summed E-state index contributed by atoms with van der Waals surface area (Å²) in [7, 11) is 0. The second-order valence-electron chi connectivity index (χ2n) is 4.87. The van der Waals surface area contributed by atoms with E-state index < -0.39 is 0 Å². The van der Waals surface area contributed by atoms with Gasteiger partial charge in [0.15, 0.2) is 0 Å². The molecule has 2 N–H and O–H groups in total. The molecule has 1 fully saturated rings. The number of para-hydroxylation sites is 1. The van der Waals surface area contributed by atoms with Gasteiger partial charge in [0.05, 0.1) is 0 Å². The molecule has 84 valence electrons. The fourth-order valence-electron chi connectivity index (χ4n) is 2.60. The molecule has 1 heterocycles. The van der Waals surface area contributed by atoms with Crippen LogP contribution in [0.25, 0.3) is 10.9 Å². The van der Waals surface area contributed by atoms with E-state index in [1.54, 1.807) is 0 Å². The van der Waals surface area contributed by atoms with E-state index in [1.807, 2.05) is 0 Å². The molecule has 3 rings (SSSR count). The molecule has 1 atom stereocenters. The maximum Gasteiger partial charge on any atom is 0.0485 e. The third kappa shape index (κ3) is 1.37. The van der Waals surface area contributed by atoms with Gasteiger partial charge in [-0.1, -0.05) is 18.2 Å². The molecule has 1 saturated carbocycles. The Balaban J connectivity index is 2.23. The summed E-state index contributed by atoms with van der Waals surface area (Å²) >= 11 is 0. The lowest BCUT2D eigenvalue weighted by Crippen LogP contribution is -2.21. The lowest BCUT2D eigenvalue weighted by Gasteiger charge is -2.30. The summed E-state index contributed by atoms with van der Waals surface area (Å²) in [6.45, 7) is 2.07. The number of fused-ring (bicyclic) bond motifs is 1. The predicted molar refractivity (Wildman–Crippen MR) is 67.4 cm³/mol. The second kappa shape index (κ2) is 3.63. The number of nitrogens with two attached hydrogens (primary N) is 1. The zero-order chi connectivity index (χ0) is 11.1. The van der Waals surface area contributed by atoms with Crippen molar-refractivity contribution >= 4 is 10.9 Å². The molecule has 0 amide bonds. The van der Waals surface area contributed by atoms with Gasteiger partial charge in [0.1, 0.15) is 0 Å². The summed E-state index contributed by atoms with van der Waals surface area (Å²) in [5.74, 6) is 0. The van der Waals surface area contributed by atoms with Crippen molar-refractivity contribution < 1.29 is 0 Å². The molecule has 0 aliphatic heterocycles. The maximum atomic E-state index is 6.07. The Labute approximate surface area is 96.1 Å². The molecule has 1 aromatic heterocycles. The average Bonchev–Trinajstić information content (AvgIpc) is 2.56. The normalized spacial score (nSPS) is 18.6. The van der Waals surface area contributed by atoms with Crippen molar-refractivity contribution in [2.45, 2.75) is 38.3 Å². The van der Waals surface area contributed by atoms with Crippen molar-refractivity contribution in [2.24, 2.45) is 5.73 Å². The number of rotatable bonds is 2. The molecule has 0 spiro atoms. The van der Waals surface area contributed by atoms with Gasteiger partial charge < -0.3 is 10.3 Å². The van der Waals surface area contributed by atoms with Crippen molar-refractivity contribution in [2.75, 3.05) is 0 Å². The number of hydrogen-bond donors (Lipinski definition) is 1. The molecule has 1 aliphatic rings. The van der Waals surface area contributed by atoms with Crippen LogP contribution in [0.5, 0.6) is 0 Å². The summed E-state index contributed by atoms with van der Waals surface area (Å²) in [6.07, 6.45) is 3.96. The largest absolute Gasteiger partial charge is 0.340 e. The Kier molecular flexibility index (Phi) is 2.25. The van der Waals surface area contributed by atoms with E-state index in [1.165, 1.54) is 35.9 Å². The molecule has 16 heavy (non-hydrogen) atoms. The molecule has 2 heteroatoms. The van der Waals surface area contributed by atoms with Crippen LogP contribution in [0.1, 0.15) is 44.0 Å². The van der Waals surface area contributed by atoms with Crippen LogP contribution in [0.4, 0.5) is 0 Å². The van der Waals surface area contributed by atoms with Gasteiger partial charge >= 0.3 is 0 Å². The first-order chi connectivity index (χ1) is 7.77. The van der Waals surface area contributed by atoms with Crippen LogP contribution in [-0.4, -0.2) is 4.57 Å². The van der Waals surface area contributed by atoms with E-state index in [9.17, 15) is 0 Å². The van der Waals surface area contributed by atoms with Crippen LogP contribution >= 0.6 is 0 Å². The van der Waals surface area contributed by atoms with Gasteiger partial charge in [-0.25, -0.2) is 0 Å². The highest BCUT2D eigenvalue weighted by molar-refractivity contribution is 5.81. The summed E-state index contributed by atoms with van der Waals surface area (Å²) in [5, 5.41) is 1.32. The van der Waals surface area contributed by atoms with Crippen LogP contribution in [0.2, 0.25) is 0 Å². The Morgan fingerprint density at radius 3 is 2.69 bits per heavy atom. The highest BCUT2D eigenvalue weighted by Gasteiger charge is 2.24. The zero-order valence-electron chi connectivity index (χ0n) is 9.69. The van der Waals surface area contributed by atoms with Crippen LogP contribution in [-0.2, 0) is 0 Å². The van der Waals surface area contributed by atoms with E-state index in [-0.39, 0.29) is 6.04 Å². The van der Waals surface area contributed by atoms with Crippen LogP contribution in [0.15, 0.2) is 30.3 Å². The zero-order valence-corrected chi connectivity index (χ0v) is 9.69. The highest BCUT2D eigenvalue weighted by atomic mass is 15.0. The summed E-state index contributed by atoms with van der Waals surface area (Å²) < 4.78 is 2.46. The smallest absolute Gasteiger partial charge is 0.0485 e. The SMILES string of the molecule is CC(N)c1cc2ccccc2n1C1CCC1. The van der Waals surface area contributed by atoms with Crippen molar-refractivity contribution in [1.82, 2.24) is 4.57 Å². The summed E-state index contributed by atoms with van der Waals surface area (Å²) in [6, 6.07) is 11.6. The van der Waals surface area contributed by atoms with Crippen LogP contribution in [0, 0.1) is 0 Å². The monoisotopic (exact) mass is 214 g/mol. The second-order valence-corrected chi connectivity index (χ2v) is 4.87. The lowest BCUT2D eigenvalue weighted by atomic mass is 9.92. The van der Waals surface area contributed by atoms with Crippen molar-refractivity contribution in [3.8, 4) is 0 Å². The predicted octanol–water partition coefficient (Wildman–Crippen LogP) is 3.39. The van der Waals surface area contributed by atoms with Gasteiger partial charge in [-0.15, -0.1) is 0 Å². The van der Waals surface area contributed by atoms with E-state index in [4.69, 9.17) is 5.73 Å². The molecule has 2 nitrogen and oxygen atoms in total.